The largest absolute Gasteiger partial charge is 0.465 e. The Labute approximate surface area is 221 Å². The van der Waals surface area contributed by atoms with E-state index in [4.69, 9.17) is 9.47 Å². The number of ether oxygens (including phenoxy) is 2. The Kier molecular flexibility index (Phi) is 7.31. The Bertz CT molecular complexity index is 1570. The average Bonchev–Trinajstić information content (AvgIpc) is 3.23. The molecule has 0 saturated carbocycles. The van der Waals surface area contributed by atoms with Crippen LogP contribution < -0.4 is 4.90 Å². The third-order valence-corrected chi connectivity index (χ3v) is 7.41. The number of aromatic nitrogens is 4. The molecule has 0 saturated heterocycles. The summed E-state index contributed by atoms with van der Waals surface area (Å²) in [7, 11) is -2.69. The maximum atomic E-state index is 13.9. The van der Waals surface area contributed by atoms with E-state index < -0.39 is 45.3 Å². The van der Waals surface area contributed by atoms with Crippen molar-refractivity contribution in [2.45, 2.75) is 44.4 Å². The average molecular weight is 570 g/mol. The van der Waals surface area contributed by atoms with Gasteiger partial charge >= 0.3 is 18.1 Å². The standard InChI is InChI=1S/C24H26F3N5O6S/c1-6-38-22(34)14-11-28-23(30-19(14)24(25,26)27)32-8-7-31-16-10-17(39(5,35)36)13(21(33)37-4)9-15(16)29-20(31)18(32)12(2)3/h9-12,18H,6-8H2,1-5H3/t18-/m1/s1. The van der Waals surface area contributed by atoms with Gasteiger partial charge < -0.3 is 18.9 Å². The van der Waals surface area contributed by atoms with Gasteiger partial charge in [-0.05, 0) is 25.0 Å². The van der Waals surface area contributed by atoms with E-state index >= 15 is 0 Å². The predicted octanol–water partition coefficient (Wildman–Crippen LogP) is 3.43. The van der Waals surface area contributed by atoms with Crippen LogP contribution >= 0.6 is 0 Å². The van der Waals surface area contributed by atoms with Gasteiger partial charge in [0.25, 0.3) is 0 Å². The van der Waals surface area contributed by atoms with Gasteiger partial charge in [-0.15, -0.1) is 0 Å². The molecule has 4 rings (SSSR count). The Morgan fingerprint density at radius 2 is 1.82 bits per heavy atom. The molecule has 11 nitrogen and oxygen atoms in total. The quantitative estimate of drug-likeness (QED) is 0.407. The lowest BCUT2D eigenvalue weighted by atomic mass is 10.00. The SMILES string of the molecule is CCOC(=O)c1cnc(N2CCn3c(nc4cc(C(=O)OC)c(S(C)(=O)=O)cc43)[C@H]2C(C)C)nc1C(F)(F)F. The predicted molar refractivity (Wildman–Crippen MR) is 132 cm³/mol. The molecule has 0 amide bonds. The van der Waals surface area contributed by atoms with Crippen LogP contribution in [0.2, 0.25) is 0 Å². The molecule has 0 N–H and O–H groups in total. The van der Waals surface area contributed by atoms with Crippen molar-refractivity contribution in [1.29, 1.82) is 0 Å². The van der Waals surface area contributed by atoms with Crippen LogP contribution in [0.4, 0.5) is 19.1 Å². The van der Waals surface area contributed by atoms with Crippen molar-refractivity contribution >= 4 is 38.8 Å². The first-order valence-electron chi connectivity index (χ1n) is 11.9. The zero-order valence-electron chi connectivity index (χ0n) is 21.7. The minimum absolute atomic E-state index is 0.117. The minimum atomic E-state index is -4.94. The molecule has 210 valence electrons. The summed E-state index contributed by atoms with van der Waals surface area (Å²) in [5.74, 6) is -2.06. The number of alkyl halides is 3. The molecule has 0 unspecified atom stereocenters. The van der Waals surface area contributed by atoms with Gasteiger partial charge in [-0.3, -0.25) is 0 Å². The fourth-order valence-corrected chi connectivity index (χ4v) is 5.53. The van der Waals surface area contributed by atoms with Crippen LogP contribution in [0.5, 0.6) is 0 Å². The van der Waals surface area contributed by atoms with Gasteiger partial charge in [-0.2, -0.15) is 13.2 Å². The highest BCUT2D eigenvalue weighted by Crippen LogP contribution is 2.39. The number of esters is 2. The highest BCUT2D eigenvalue weighted by molar-refractivity contribution is 7.90. The maximum Gasteiger partial charge on any atom is 0.434 e. The van der Waals surface area contributed by atoms with Crippen molar-refractivity contribution in [3.05, 3.63) is 41.0 Å². The molecule has 0 spiro atoms. The zero-order chi connectivity index (χ0) is 28.9. The van der Waals surface area contributed by atoms with Crippen molar-refractivity contribution in [1.82, 2.24) is 19.5 Å². The van der Waals surface area contributed by atoms with E-state index in [0.29, 0.717) is 16.9 Å². The number of benzene rings is 1. The first-order chi connectivity index (χ1) is 18.2. The smallest absolute Gasteiger partial charge is 0.434 e. The monoisotopic (exact) mass is 569 g/mol. The summed E-state index contributed by atoms with van der Waals surface area (Å²) < 4.78 is 77.8. The number of hydrogen-bond acceptors (Lipinski definition) is 10. The highest BCUT2D eigenvalue weighted by Gasteiger charge is 2.41. The molecule has 0 fully saturated rings. The summed E-state index contributed by atoms with van der Waals surface area (Å²) in [5, 5.41) is 0. The number of carbonyl (C=O) groups excluding carboxylic acids is 2. The lowest BCUT2D eigenvalue weighted by Gasteiger charge is -2.38. The van der Waals surface area contributed by atoms with Crippen LogP contribution in [0.3, 0.4) is 0 Å². The second kappa shape index (κ2) is 10.1. The van der Waals surface area contributed by atoms with Crippen LogP contribution in [0.15, 0.2) is 23.2 Å². The van der Waals surface area contributed by atoms with Gasteiger partial charge in [-0.1, -0.05) is 13.8 Å². The van der Waals surface area contributed by atoms with Crippen LogP contribution in [-0.4, -0.2) is 66.4 Å². The summed E-state index contributed by atoms with van der Waals surface area (Å²) in [6.07, 6.45) is -3.16. The molecule has 15 heteroatoms. The number of halogens is 3. The number of anilines is 1. The number of hydrogen-bond donors (Lipinski definition) is 0. The van der Waals surface area contributed by atoms with Gasteiger partial charge in [0.1, 0.15) is 11.4 Å². The van der Waals surface area contributed by atoms with Crippen molar-refractivity contribution in [3.63, 3.8) is 0 Å². The van der Waals surface area contributed by atoms with E-state index in [9.17, 15) is 31.2 Å². The summed E-state index contributed by atoms with van der Waals surface area (Å²) in [4.78, 5) is 38.3. The van der Waals surface area contributed by atoms with E-state index in [1.807, 2.05) is 13.8 Å². The van der Waals surface area contributed by atoms with Crippen LogP contribution in [0.25, 0.3) is 11.0 Å². The van der Waals surface area contributed by atoms with Gasteiger partial charge in [-0.25, -0.2) is 33.0 Å². The topological polar surface area (TPSA) is 134 Å². The number of fused-ring (bicyclic) bond motifs is 3. The second-order valence-corrected chi connectivity index (χ2v) is 11.2. The molecule has 0 bridgehead atoms. The zero-order valence-corrected chi connectivity index (χ0v) is 22.6. The number of sulfone groups is 1. The molecular formula is C24H26F3N5O6S. The van der Waals surface area contributed by atoms with Gasteiger partial charge in [0.05, 0.1) is 41.3 Å². The minimum Gasteiger partial charge on any atom is -0.465 e. The molecular weight excluding hydrogens is 543 g/mol. The van der Waals surface area contributed by atoms with Crippen molar-refractivity contribution in [2.75, 3.05) is 31.4 Å². The third-order valence-electron chi connectivity index (χ3n) is 6.28. The highest BCUT2D eigenvalue weighted by atomic mass is 32.2. The molecule has 39 heavy (non-hydrogen) atoms. The number of nitrogens with zero attached hydrogens (tertiary/aromatic N) is 5. The number of carbonyl (C=O) groups is 2. The maximum absolute atomic E-state index is 13.9. The number of imidazole rings is 1. The van der Waals surface area contributed by atoms with E-state index in [-0.39, 0.29) is 42.0 Å². The molecule has 1 aliphatic heterocycles. The van der Waals surface area contributed by atoms with Crippen molar-refractivity contribution in [3.8, 4) is 0 Å². The van der Waals surface area contributed by atoms with Crippen LogP contribution in [0.1, 0.15) is 59.0 Å². The second-order valence-electron chi connectivity index (χ2n) is 9.26. The summed E-state index contributed by atoms with van der Waals surface area (Å²) in [6.45, 7) is 5.40. The van der Waals surface area contributed by atoms with Crippen LogP contribution in [0, 0.1) is 5.92 Å². The normalized spacial score (nSPS) is 15.9. The molecule has 1 aliphatic rings. The fourth-order valence-electron chi connectivity index (χ4n) is 4.66. The number of methoxy groups -OCH3 is 1. The van der Waals surface area contributed by atoms with Crippen LogP contribution in [-0.2, 0) is 32.0 Å². The fraction of sp³-hybridized carbons (Fsp3) is 0.458. The molecule has 1 aromatic carbocycles. The van der Waals surface area contributed by atoms with Crippen molar-refractivity contribution in [2.24, 2.45) is 5.92 Å². The van der Waals surface area contributed by atoms with Gasteiger partial charge in [0.15, 0.2) is 15.5 Å². The lowest BCUT2D eigenvalue weighted by Crippen LogP contribution is -2.42. The van der Waals surface area contributed by atoms with E-state index in [1.165, 1.54) is 19.1 Å². The van der Waals surface area contributed by atoms with Gasteiger partial charge in [0.2, 0.25) is 5.95 Å². The summed E-state index contributed by atoms with van der Waals surface area (Å²) in [6, 6.07) is 2.06. The molecule has 0 radical (unpaired) electrons. The first kappa shape index (κ1) is 28.3. The Balaban J connectivity index is 1.88. The Morgan fingerprint density at radius 1 is 1.13 bits per heavy atom. The summed E-state index contributed by atoms with van der Waals surface area (Å²) in [5.41, 5.74) is -1.61. The Hall–Kier alpha value is -3.75. The molecule has 1 atom stereocenters. The summed E-state index contributed by atoms with van der Waals surface area (Å²) >= 11 is 0. The molecule has 2 aromatic heterocycles. The molecule has 3 heterocycles. The van der Waals surface area contributed by atoms with Crippen molar-refractivity contribution < 1.29 is 40.7 Å². The third kappa shape index (κ3) is 5.14. The molecule has 0 aliphatic carbocycles. The van der Waals surface area contributed by atoms with E-state index in [2.05, 4.69) is 15.0 Å². The Morgan fingerprint density at radius 3 is 2.38 bits per heavy atom. The number of rotatable bonds is 6. The van der Waals surface area contributed by atoms with E-state index in [1.54, 1.807) is 9.47 Å². The lowest BCUT2D eigenvalue weighted by molar-refractivity contribution is -0.141. The van der Waals surface area contributed by atoms with Gasteiger partial charge in [0, 0.05) is 25.5 Å². The van der Waals surface area contributed by atoms with E-state index in [0.717, 1.165) is 19.6 Å². The molecule has 3 aromatic rings. The first-order valence-corrected chi connectivity index (χ1v) is 13.8.